The average Bonchev–Trinajstić information content (AvgIpc) is 2.72. The fourth-order valence-electron chi connectivity index (χ4n) is 2.79. The van der Waals surface area contributed by atoms with E-state index in [1.54, 1.807) is 0 Å². The van der Waals surface area contributed by atoms with Gasteiger partial charge in [0, 0.05) is 6.04 Å². The normalized spacial score (nSPS) is 34.9. The van der Waals surface area contributed by atoms with Crippen molar-refractivity contribution < 1.29 is 14.7 Å². The zero-order valence-electron chi connectivity index (χ0n) is 7.90. The summed E-state index contributed by atoms with van der Waals surface area (Å²) in [6.45, 7) is -0.0917. The van der Waals surface area contributed by atoms with Gasteiger partial charge in [-0.1, -0.05) is 0 Å². The van der Waals surface area contributed by atoms with Crippen molar-refractivity contribution in [3.8, 4) is 0 Å². The molecule has 0 unspecified atom stereocenters. The molecule has 2 aliphatic rings. The summed E-state index contributed by atoms with van der Waals surface area (Å²) in [6.07, 6.45) is 2.77. The molecule has 0 aromatic rings. The lowest BCUT2D eigenvalue weighted by atomic mass is 9.88. The zero-order chi connectivity index (χ0) is 10.3. The predicted molar refractivity (Wildman–Crippen MR) is 48.5 cm³/mol. The number of nitrogens with two attached hydrogens (primary N) is 1. The molecule has 14 heavy (non-hydrogen) atoms. The molecule has 1 amide bonds. The Bertz CT molecular complexity index is 282. The standard InChI is InChI=1S/C9H14N2O3/c10-5-7(12)11-6-1-3-9(11,4-2-6)8(13)14/h6H,1-5,10H2,(H,13,14). The maximum atomic E-state index is 11.5. The molecule has 5 heteroatoms. The molecule has 0 aromatic carbocycles. The van der Waals surface area contributed by atoms with E-state index in [0.717, 1.165) is 12.8 Å². The van der Waals surface area contributed by atoms with Crippen LogP contribution < -0.4 is 5.73 Å². The van der Waals surface area contributed by atoms with Gasteiger partial charge in [-0.2, -0.15) is 0 Å². The Labute approximate surface area is 81.9 Å². The molecule has 0 aliphatic carbocycles. The van der Waals surface area contributed by atoms with Gasteiger partial charge in [-0.15, -0.1) is 0 Å². The van der Waals surface area contributed by atoms with Gasteiger partial charge in [-0.25, -0.2) is 4.79 Å². The summed E-state index contributed by atoms with van der Waals surface area (Å²) in [7, 11) is 0. The van der Waals surface area contributed by atoms with Crippen molar-refractivity contribution in [2.75, 3.05) is 6.54 Å². The van der Waals surface area contributed by atoms with Crippen LogP contribution in [0.2, 0.25) is 0 Å². The third-order valence-corrected chi connectivity index (χ3v) is 3.45. The van der Waals surface area contributed by atoms with E-state index in [9.17, 15) is 14.7 Å². The number of fused-ring (bicyclic) bond motifs is 2. The third-order valence-electron chi connectivity index (χ3n) is 3.45. The second-order valence-electron chi connectivity index (χ2n) is 4.04. The Balaban J connectivity index is 2.32. The molecular formula is C9H14N2O3. The number of carboxylic acids is 1. The lowest BCUT2D eigenvalue weighted by Crippen LogP contribution is -2.52. The molecule has 0 atom stereocenters. The molecule has 2 bridgehead atoms. The highest BCUT2D eigenvalue weighted by atomic mass is 16.4. The van der Waals surface area contributed by atoms with Crippen molar-refractivity contribution in [1.29, 1.82) is 0 Å². The van der Waals surface area contributed by atoms with Crippen molar-refractivity contribution in [2.45, 2.75) is 37.3 Å². The summed E-state index contributed by atoms with van der Waals surface area (Å²) >= 11 is 0. The molecule has 2 saturated heterocycles. The highest BCUT2D eigenvalue weighted by molar-refractivity contribution is 5.89. The molecular weight excluding hydrogens is 184 g/mol. The van der Waals surface area contributed by atoms with E-state index in [-0.39, 0.29) is 18.5 Å². The number of carbonyl (C=O) groups is 2. The van der Waals surface area contributed by atoms with E-state index in [2.05, 4.69) is 0 Å². The molecule has 2 aliphatic heterocycles. The molecule has 0 spiro atoms. The van der Waals surface area contributed by atoms with Gasteiger partial charge in [0.15, 0.2) is 0 Å². The summed E-state index contributed by atoms with van der Waals surface area (Å²) in [5.41, 5.74) is 4.35. The number of amides is 1. The van der Waals surface area contributed by atoms with E-state index in [1.807, 2.05) is 0 Å². The SMILES string of the molecule is NCC(=O)N1C2CCC1(C(=O)O)CC2. The number of carbonyl (C=O) groups excluding carboxylic acids is 1. The number of aliphatic carboxylic acids is 1. The Morgan fingerprint density at radius 3 is 2.43 bits per heavy atom. The van der Waals surface area contributed by atoms with Crippen LogP contribution in [0.25, 0.3) is 0 Å². The predicted octanol–water partition coefficient (Wildman–Crippen LogP) is -0.447. The van der Waals surface area contributed by atoms with Gasteiger partial charge < -0.3 is 15.7 Å². The van der Waals surface area contributed by atoms with Crippen molar-refractivity contribution in [3.05, 3.63) is 0 Å². The van der Waals surface area contributed by atoms with E-state index >= 15 is 0 Å². The fourth-order valence-corrected chi connectivity index (χ4v) is 2.79. The molecule has 2 fully saturated rings. The van der Waals surface area contributed by atoms with Crippen LogP contribution in [-0.2, 0) is 9.59 Å². The summed E-state index contributed by atoms with van der Waals surface area (Å²) in [6, 6.07) is 0.113. The minimum absolute atomic E-state index is 0.0917. The van der Waals surface area contributed by atoms with Gasteiger partial charge in [-0.3, -0.25) is 4.79 Å². The number of nitrogens with zero attached hydrogens (tertiary/aromatic N) is 1. The Morgan fingerprint density at radius 2 is 2.00 bits per heavy atom. The van der Waals surface area contributed by atoms with Crippen LogP contribution in [0.5, 0.6) is 0 Å². The van der Waals surface area contributed by atoms with Crippen LogP contribution in [0, 0.1) is 0 Å². The van der Waals surface area contributed by atoms with Crippen LogP contribution >= 0.6 is 0 Å². The fraction of sp³-hybridized carbons (Fsp3) is 0.778. The highest BCUT2D eigenvalue weighted by Crippen LogP contribution is 2.46. The van der Waals surface area contributed by atoms with Gasteiger partial charge in [0.05, 0.1) is 6.54 Å². The zero-order valence-corrected chi connectivity index (χ0v) is 7.90. The number of rotatable bonds is 2. The molecule has 3 N–H and O–H groups in total. The van der Waals surface area contributed by atoms with Crippen LogP contribution in [0.1, 0.15) is 25.7 Å². The molecule has 0 radical (unpaired) electrons. The second-order valence-corrected chi connectivity index (χ2v) is 4.04. The molecule has 5 nitrogen and oxygen atoms in total. The van der Waals surface area contributed by atoms with Crippen LogP contribution in [0.3, 0.4) is 0 Å². The first-order valence-corrected chi connectivity index (χ1v) is 4.87. The van der Waals surface area contributed by atoms with Gasteiger partial charge in [0.1, 0.15) is 5.54 Å². The van der Waals surface area contributed by atoms with Crippen molar-refractivity contribution >= 4 is 11.9 Å². The van der Waals surface area contributed by atoms with Crippen LogP contribution in [0.4, 0.5) is 0 Å². The molecule has 78 valence electrons. The monoisotopic (exact) mass is 198 g/mol. The van der Waals surface area contributed by atoms with Crippen molar-refractivity contribution in [1.82, 2.24) is 4.90 Å². The first-order chi connectivity index (χ1) is 6.62. The average molecular weight is 198 g/mol. The highest BCUT2D eigenvalue weighted by Gasteiger charge is 2.58. The number of hydrogen-bond acceptors (Lipinski definition) is 3. The first kappa shape index (κ1) is 9.45. The van der Waals surface area contributed by atoms with Gasteiger partial charge in [0.25, 0.3) is 0 Å². The number of carboxylic acid groups (broad SMARTS) is 1. The number of hydrogen-bond donors (Lipinski definition) is 2. The van der Waals surface area contributed by atoms with Gasteiger partial charge in [0.2, 0.25) is 5.91 Å². The van der Waals surface area contributed by atoms with E-state index in [1.165, 1.54) is 4.90 Å². The van der Waals surface area contributed by atoms with Crippen LogP contribution in [-0.4, -0.2) is 40.0 Å². The molecule has 0 aromatic heterocycles. The van der Waals surface area contributed by atoms with Gasteiger partial charge in [-0.05, 0) is 25.7 Å². The van der Waals surface area contributed by atoms with Crippen LogP contribution in [0.15, 0.2) is 0 Å². The summed E-state index contributed by atoms with van der Waals surface area (Å²) in [4.78, 5) is 24.2. The lowest BCUT2D eigenvalue weighted by Gasteiger charge is -2.30. The second kappa shape index (κ2) is 2.95. The summed E-state index contributed by atoms with van der Waals surface area (Å²) in [5, 5.41) is 9.17. The minimum Gasteiger partial charge on any atom is -0.479 e. The largest absolute Gasteiger partial charge is 0.479 e. The minimum atomic E-state index is -0.929. The quantitative estimate of drug-likeness (QED) is 0.629. The van der Waals surface area contributed by atoms with Crippen molar-refractivity contribution in [3.63, 3.8) is 0 Å². The van der Waals surface area contributed by atoms with E-state index < -0.39 is 11.5 Å². The summed E-state index contributed by atoms with van der Waals surface area (Å²) in [5.74, 6) is -1.10. The Morgan fingerprint density at radius 1 is 1.43 bits per heavy atom. The van der Waals surface area contributed by atoms with E-state index in [4.69, 9.17) is 5.73 Å². The maximum absolute atomic E-state index is 11.5. The van der Waals surface area contributed by atoms with Crippen molar-refractivity contribution in [2.24, 2.45) is 5.73 Å². The first-order valence-electron chi connectivity index (χ1n) is 4.87. The Kier molecular flexibility index (Phi) is 1.99. The topological polar surface area (TPSA) is 83.6 Å². The molecule has 0 saturated carbocycles. The van der Waals surface area contributed by atoms with E-state index in [0.29, 0.717) is 12.8 Å². The summed E-state index contributed by atoms with van der Waals surface area (Å²) < 4.78 is 0. The smallest absolute Gasteiger partial charge is 0.329 e. The third kappa shape index (κ3) is 0.987. The van der Waals surface area contributed by atoms with Gasteiger partial charge >= 0.3 is 5.97 Å². The molecule has 2 rings (SSSR count). The Hall–Kier alpha value is -1.10. The molecule has 2 heterocycles. The maximum Gasteiger partial charge on any atom is 0.329 e. The lowest BCUT2D eigenvalue weighted by molar-refractivity contribution is -0.154.